The highest BCUT2D eigenvalue weighted by Gasteiger charge is 2.25. The van der Waals surface area contributed by atoms with Crippen LogP contribution in [-0.4, -0.2) is 17.5 Å². The van der Waals surface area contributed by atoms with Crippen molar-refractivity contribution in [3.63, 3.8) is 0 Å². The molecule has 0 radical (unpaired) electrons. The smallest absolute Gasteiger partial charge is 0.345 e. The minimum absolute atomic E-state index is 0.0402. The minimum atomic E-state index is -1.39. The maximum Gasteiger partial charge on any atom is 0.345 e. The Morgan fingerprint density at radius 1 is 1.30 bits per heavy atom. The Balaban J connectivity index is 2.92. The fourth-order valence-corrected chi connectivity index (χ4v) is 1.38. The zero-order chi connectivity index (χ0) is 15.5. The van der Waals surface area contributed by atoms with Crippen LogP contribution in [0.3, 0.4) is 0 Å². The van der Waals surface area contributed by atoms with Crippen LogP contribution in [-0.2, 0) is 4.74 Å². The second-order valence-electron chi connectivity index (χ2n) is 5.49. The molecule has 5 nitrogen and oxygen atoms in total. The van der Waals surface area contributed by atoms with Crippen molar-refractivity contribution in [1.29, 1.82) is 0 Å². The van der Waals surface area contributed by atoms with E-state index in [1.807, 2.05) is 20.8 Å². The van der Waals surface area contributed by atoms with Crippen molar-refractivity contribution in [1.82, 2.24) is 0 Å². The van der Waals surface area contributed by atoms with Gasteiger partial charge in [0.05, 0.1) is 17.6 Å². The zero-order valence-corrected chi connectivity index (χ0v) is 11.4. The second kappa shape index (κ2) is 5.94. The van der Waals surface area contributed by atoms with Gasteiger partial charge in [0.2, 0.25) is 0 Å². The number of carbonyl (C=O) groups excluding carboxylic acids is 1. The van der Waals surface area contributed by atoms with E-state index in [0.717, 1.165) is 0 Å². The molecule has 0 aliphatic rings. The predicted molar refractivity (Wildman–Crippen MR) is 67.4 cm³/mol. The first kappa shape index (κ1) is 16.0. The summed E-state index contributed by atoms with van der Waals surface area (Å²) in [7, 11) is 0. The summed E-state index contributed by atoms with van der Waals surface area (Å²) in [5.41, 5.74) is -1.49. The zero-order valence-electron chi connectivity index (χ0n) is 11.4. The molecule has 1 aromatic carbocycles. The van der Waals surface area contributed by atoms with E-state index in [-0.39, 0.29) is 12.0 Å². The van der Waals surface area contributed by atoms with E-state index >= 15 is 0 Å². The Bertz CT molecular complexity index is 538. The van der Waals surface area contributed by atoms with Gasteiger partial charge in [0, 0.05) is 0 Å². The molecule has 0 bridgehead atoms. The number of esters is 1. The van der Waals surface area contributed by atoms with E-state index in [0.29, 0.717) is 18.6 Å². The van der Waals surface area contributed by atoms with Crippen molar-refractivity contribution in [2.75, 3.05) is 6.61 Å². The lowest BCUT2D eigenvalue weighted by atomic mass is 9.93. The lowest BCUT2D eigenvalue weighted by Gasteiger charge is -2.17. The van der Waals surface area contributed by atoms with Crippen LogP contribution >= 0.6 is 0 Å². The monoisotopic (exact) mass is 287 g/mol. The normalized spacial score (nSPS) is 11.2. The van der Waals surface area contributed by atoms with Crippen LogP contribution in [0.2, 0.25) is 0 Å². The average Bonchev–Trinajstić information content (AvgIpc) is 2.29. The van der Waals surface area contributed by atoms with Gasteiger partial charge in [-0.2, -0.15) is 0 Å². The molecule has 0 N–H and O–H groups in total. The molecule has 0 aromatic heterocycles. The third-order valence-electron chi connectivity index (χ3n) is 2.54. The summed E-state index contributed by atoms with van der Waals surface area (Å²) in [5.74, 6) is -3.76. The average molecular weight is 287 g/mol. The van der Waals surface area contributed by atoms with E-state index in [2.05, 4.69) is 0 Å². The number of carbonyl (C=O) groups is 1. The maximum atomic E-state index is 13.1. The Morgan fingerprint density at radius 3 is 2.35 bits per heavy atom. The van der Waals surface area contributed by atoms with Gasteiger partial charge in [-0.15, -0.1) is 0 Å². The second-order valence-corrected chi connectivity index (χ2v) is 5.49. The maximum absolute atomic E-state index is 13.1. The number of rotatable bonds is 4. The fraction of sp³-hybridized carbons (Fsp3) is 0.462. The summed E-state index contributed by atoms with van der Waals surface area (Å²) < 4.78 is 30.9. The van der Waals surface area contributed by atoms with Gasteiger partial charge in [0.15, 0.2) is 11.6 Å². The number of nitro groups is 1. The highest BCUT2D eigenvalue weighted by Crippen LogP contribution is 2.24. The summed E-state index contributed by atoms with van der Waals surface area (Å²) in [4.78, 5) is 21.5. The van der Waals surface area contributed by atoms with E-state index in [1.54, 1.807) is 0 Å². The molecule has 7 heteroatoms. The number of ether oxygens (including phenoxy) is 1. The number of benzene rings is 1. The van der Waals surface area contributed by atoms with E-state index in [9.17, 15) is 23.7 Å². The first-order valence-corrected chi connectivity index (χ1v) is 5.92. The van der Waals surface area contributed by atoms with Crippen LogP contribution in [0.4, 0.5) is 14.5 Å². The highest BCUT2D eigenvalue weighted by atomic mass is 19.2. The number of halogens is 2. The molecule has 0 unspecified atom stereocenters. The molecule has 0 heterocycles. The molecule has 0 spiro atoms. The first-order valence-electron chi connectivity index (χ1n) is 5.92. The Labute approximate surface area is 114 Å². The molecule has 110 valence electrons. The summed E-state index contributed by atoms with van der Waals surface area (Å²) in [6.07, 6.45) is 0.538. The molecule has 0 saturated carbocycles. The Morgan fingerprint density at radius 2 is 1.85 bits per heavy atom. The van der Waals surface area contributed by atoms with Crippen molar-refractivity contribution >= 4 is 11.7 Å². The highest BCUT2D eigenvalue weighted by molar-refractivity contribution is 5.93. The molecule has 0 amide bonds. The molecule has 20 heavy (non-hydrogen) atoms. The summed E-state index contributed by atoms with van der Waals surface area (Å²) >= 11 is 0. The van der Waals surface area contributed by atoms with Crippen molar-refractivity contribution in [2.24, 2.45) is 5.41 Å². The van der Waals surface area contributed by atoms with Crippen LogP contribution in [0.1, 0.15) is 37.6 Å². The number of hydrogen-bond donors (Lipinski definition) is 0. The van der Waals surface area contributed by atoms with Crippen molar-refractivity contribution < 1.29 is 23.2 Å². The molecule has 0 aliphatic heterocycles. The molecule has 1 rings (SSSR count). The van der Waals surface area contributed by atoms with Crippen LogP contribution in [0.15, 0.2) is 12.1 Å². The van der Waals surface area contributed by atoms with Gasteiger partial charge in [0.25, 0.3) is 5.69 Å². The lowest BCUT2D eigenvalue weighted by molar-refractivity contribution is -0.385. The molecule has 0 atom stereocenters. The van der Waals surface area contributed by atoms with Crippen LogP contribution in [0.25, 0.3) is 0 Å². The molecule has 0 aliphatic carbocycles. The van der Waals surface area contributed by atoms with Crippen LogP contribution in [0.5, 0.6) is 0 Å². The van der Waals surface area contributed by atoms with Crippen molar-refractivity contribution in [2.45, 2.75) is 27.2 Å². The summed E-state index contributed by atoms with van der Waals surface area (Å²) in [6, 6.07) is 0.850. The van der Waals surface area contributed by atoms with Gasteiger partial charge in [-0.25, -0.2) is 13.6 Å². The quantitative estimate of drug-likeness (QED) is 0.483. The lowest BCUT2D eigenvalue weighted by Crippen LogP contribution is -2.14. The number of hydrogen-bond acceptors (Lipinski definition) is 4. The standard InChI is InChI=1S/C13H15F2NO4/c1-13(2,3)4-5-20-12(17)8-6-9(14)10(15)7-11(8)16(18)19/h6-7H,4-5H2,1-3H3. The van der Waals surface area contributed by atoms with Gasteiger partial charge >= 0.3 is 5.97 Å². The number of nitro benzene ring substituents is 1. The van der Waals surface area contributed by atoms with E-state index in [1.165, 1.54) is 0 Å². The van der Waals surface area contributed by atoms with E-state index in [4.69, 9.17) is 4.74 Å². The van der Waals surface area contributed by atoms with Crippen molar-refractivity contribution in [3.8, 4) is 0 Å². The first-order chi connectivity index (χ1) is 9.11. The predicted octanol–water partition coefficient (Wildman–Crippen LogP) is 3.47. The molecule has 0 fully saturated rings. The molecular formula is C13H15F2NO4. The largest absolute Gasteiger partial charge is 0.462 e. The van der Waals surface area contributed by atoms with Gasteiger partial charge in [0.1, 0.15) is 5.56 Å². The van der Waals surface area contributed by atoms with Gasteiger partial charge in [-0.3, -0.25) is 10.1 Å². The Hall–Kier alpha value is -2.05. The van der Waals surface area contributed by atoms with Gasteiger partial charge < -0.3 is 4.74 Å². The summed E-state index contributed by atoms with van der Waals surface area (Å²) in [5, 5.41) is 10.7. The topological polar surface area (TPSA) is 69.4 Å². The van der Waals surface area contributed by atoms with Gasteiger partial charge in [-0.05, 0) is 17.9 Å². The van der Waals surface area contributed by atoms with E-state index < -0.39 is 33.8 Å². The number of nitrogens with zero attached hydrogens (tertiary/aromatic N) is 1. The third kappa shape index (κ3) is 4.25. The minimum Gasteiger partial charge on any atom is -0.462 e. The summed E-state index contributed by atoms with van der Waals surface area (Å²) in [6.45, 7) is 5.83. The van der Waals surface area contributed by atoms with Gasteiger partial charge in [-0.1, -0.05) is 20.8 Å². The molecule has 1 aromatic rings. The third-order valence-corrected chi connectivity index (χ3v) is 2.54. The molecular weight excluding hydrogens is 272 g/mol. The molecule has 0 saturated heterocycles. The fourth-order valence-electron chi connectivity index (χ4n) is 1.38. The van der Waals surface area contributed by atoms with Crippen molar-refractivity contribution in [3.05, 3.63) is 39.4 Å². The SMILES string of the molecule is CC(C)(C)CCOC(=O)c1cc(F)c(F)cc1[N+](=O)[O-]. The van der Waals surface area contributed by atoms with Crippen LogP contribution in [0, 0.1) is 27.2 Å². The van der Waals surface area contributed by atoms with Crippen LogP contribution < -0.4 is 0 Å². The Kier molecular flexibility index (Phi) is 4.75.